The summed E-state index contributed by atoms with van der Waals surface area (Å²) in [4.78, 5) is 16.4. The number of carbonyl (C=O) groups excluding carboxylic acids is 1. The standard InChI is InChI=1S/C18H19FN2O2/c1-2-23-18-12(6-5-9-20-18)11-21-17(22)15-10-14(15)13-7-3-4-8-16(13)19/h3-9,14-15H,2,10-11H2,1H3,(H,21,22). The summed E-state index contributed by atoms with van der Waals surface area (Å²) >= 11 is 0. The first-order valence-corrected chi connectivity index (χ1v) is 7.79. The molecular formula is C18H19FN2O2. The van der Waals surface area contributed by atoms with Gasteiger partial charge >= 0.3 is 0 Å². The number of benzene rings is 1. The van der Waals surface area contributed by atoms with Gasteiger partial charge < -0.3 is 10.1 Å². The smallest absolute Gasteiger partial charge is 0.224 e. The van der Waals surface area contributed by atoms with E-state index in [-0.39, 0.29) is 23.6 Å². The van der Waals surface area contributed by atoms with Crippen LogP contribution in [0.4, 0.5) is 4.39 Å². The van der Waals surface area contributed by atoms with Gasteiger partial charge in [-0.05, 0) is 37.0 Å². The lowest BCUT2D eigenvalue weighted by Gasteiger charge is -2.10. The van der Waals surface area contributed by atoms with Gasteiger partial charge in [0, 0.05) is 24.2 Å². The fourth-order valence-electron chi connectivity index (χ4n) is 2.74. The quantitative estimate of drug-likeness (QED) is 0.891. The Labute approximate surface area is 134 Å². The maximum atomic E-state index is 13.7. The van der Waals surface area contributed by atoms with Crippen molar-refractivity contribution in [1.82, 2.24) is 10.3 Å². The number of nitrogens with one attached hydrogen (secondary N) is 1. The molecule has 3 rings (SSSR count). The van der Waals surface area contributed by atoms with E-state index in [0.717, 1.165) is 5.56 Å². The van der Waals surface area contributed by atoms with Crippen LogP contribution in [0.2, 0.25) is 0 Å². The highest BCUT2D eigenvalue weighted by Gasteiger charge is 2.44. The summed E-state index contributed by atoms with van der Waals surface area (Å²) < 4.78 is 19.2. The number of carbonyl (C=O) groups is 1. The average Bonchev–Trinajstić information content (AvgIpc) is 3.35. The van der Waals surface area contributed by atoms with Crippen molar-refractivity contribution in [1.29, 1.82) is 0 Å². The number of halogens is 1. The van der Waals surface area contributed by atoms with Crippen molar-refractivity contribution in [3.05, 3.63) is 59.5 Å². The molecule has 2 aromatic rings. The van der Waals surface area contributed by atoms with Gasteiger partial charge in [0.05, 0.1) is 6.61 Å². The Morgan fingerprint density at radius 2 is 2.17 bits per heavy atom. The van der Waals surface area contributed by atoms with Crippen LogP contribution in [0.15, 0.2) is 42.6 Å². The van der Waals surface area contributed by atoms with Crippen molar-refractivity contribution < 1.29 is 13.9 Å². The second-order valence-corrected chi connectivity index (χ2v) is 5.59. The number of amides is 1. The van der Waals surface area contributed by atoms with Gasteiger partial charge in [-0.15, -0.1) is 0 Å². The molecule has 1 aromatic heterocycles. The largest absolute Gasteiger partial charge is 0.478 e. The molecule has 23 heavy (non-hydrogen) atoms. The van der Waals surface area contributed by atoms with Crippen molar-refractivity contribution >= 4 is 5.91 Å². The maximum Gasteiger partial charge on any atom is 0.224 e. The summed E-state index contributed by atoms with van der Waals surface area (Å²) in [5.74, 6) is 0.0792. The van der Waals surface area contributed by atoms with E-state index in [1.807, 2.05) is 19.1 Å². The van der Waals surface area contributed by atoms with Gasteiger partial charge in [0.15, 0.2) is 0 Å². The molecule has 2 atom stereocenters. The van der Waals surface area contributed by atoms with Crippen molar-refractivity contribution in [2.45, 2.75) is 25.8 Å². The monoisotopic (exact) mass is 314 g/mol. The predicted octanol–water partition coefficient (Wildman–Crippen LogP) is 3.04. The Bertz CT molecular complexity index is 705. The van der Waals surface area contributed by atoms with Crippen LogP contribution in [0.5, 0.6) is 5.88 Å². The summed E-state index contributed by atoms with van der Waals surface area (Å²) in [5, 5.41) is 2.90. The highest BCUT2D eigenvalue weighted by Crippen LogP contribution is 2.48. The van der Waals surface area contributed by atoms with Gasteiger partial charge in [-0.3, -0.25) is 4.79 Å². The molecule has 1 aliphatic carbocycles. The fourth-order valence-corrected chi connectivity index (χ4v) is 2.74. The van der Waals surface area contributed by atoms with Gasteiger partial charge in [0.1, 0.15) is 5.82 Å². The van der Waals surface area contributed by atoms with Crippen molar-refractivity contribution in [3.8, 4) is 5.88 Å². The van der Waals surface area contributed by atoms with Gasteiger partial charge in [-0.2, -0.15) is 0 Å². The van der Waals surface area contributed by atoms with Crippen LogP contribution in [0.3, 0.4) is 0 Å². The van der Waals surface area contributed by atoms with Crippen molar-refractivity contribution in [2.24, 2.45) is 5.92 Å². The normalized spacial score (nSPS) is 19.2. The molecule has 5 heteroatoms. The number of pyridine rings is 1. The summed E-state index contributed by atoms with van der Waals surface area (Å²) in [5.41, 5.74) is 1.47. The molecule has 1 N–H and O–H groups in total. The molecule has 2 unspecified atom stereocenters. The summed E-state index contributed by atoms with van der Waals surface area (Å²) in [6, 6.07) is 10.3. The number of hydrogen-bond acceptors (Lipinski definition) is 3. The minimum absolute atomic E-state index is 0.0172. The molecule has 1 saturated carbocycles. The zero-order chi connectivity index (χ0) is 16.2. The van der Waals surface area contributed by atoms with Crippen LogP contribution in [0.25, 0.3) is 0 Å². The molecule has 0 spiro atoms. The minimum Gasteiger partial charge on any atom is -0.478 e. The molecular weight excluding hydrogens is 295 g/mol. The van der Waals surface area contributed by atoms with Gasteiger partial charge in [-0.25, -0.2) is 9.37 Å². The maximum absolute atomic E-state index is 13.7. The molecule has 4 nitrogen and oxygen atoms in total. The Hall–Kier alpha value is -2.43. The van der Waals surface area contributed by atoms with Crippen LogP contribution < -0.4 is 10.1 Å². The minimum atomic E-state index is -0.237. The van der Waals surface area contributed by atoms with E-state index in [2.05, 4.69) is 10.3 Å². The summed E-state index contributed by atoms with van der Waals surface area (Å²) in [6.45, 7) is 2.78. The van der Waals surface area contributed by atoms with E-state index in [4.69, 9.17) is 4.74 Å². The third-order valence-electron chi connectivity index (χ3n) is 4.02. The number of aromatic nitrogens is 1. The Kier molecular flexibility index (Phi) is 4.55. The zero-order valence-corrected chi connectivity index (χ0v) is 13.0. The first-order valence-electron chi connectivity index (χ1n) is 7.79. The first kappa shape index (κ1) is 15.5. The second kappa shape index (κ2) is 6.77. The van der Waals surface area contributed by atoms with Crippen LogP contribution in [-0.2, 0) is 11.3 Å². The Balaban J connectivity index is 1.58. The van der Waals surface area contributed by atoms with Crippen molar-refractivity contribution in [3.63, 3.8) is 0 Å². The topological polar surface area (TPSA) is 51.2 Å². The summed E-state index contributed by atoms with van der Waals surface area (Å²) in [7, 11) is 0. The van der Waals surface area contributed by atoms with E-state index >= 15 is 0 Å². The first-order chi connectivity index (χ1) is 11.2. The third kappa shape index (κ3) is 3.50. The van der Waals surface area contributed by atoms with E-state index in [1.54, 1.807) is 24.4 Å². The number of ether oxygens (including phenoxy) is 1. The predicted molar refractivity (Wildman–Crippen MR) is 84.5 cm³/mol. The molecule has 1 aliphatic rings. The molecule has 0 aliphatic heterocycles. The van der Waals surface area contributed by atoms with Gasteiger partial charge in [0.2, 0.25) is 11.8 Å². The highest BCUT2D eigenvalue weighted by atomic mass is 19.1. The van der Waals surface area contributed by atoms with Gasteiger partial charge in [-0.1, -0.05) is 24.3 Å². The fraction of sp³-hybridized carbons (Fsp3) is 0.333. The molecule has 1 heterocycles. The lowest BCUT2D eigenvalue weighted by Crippen LogP contribution is -2.25. The van der Waals surface area contributed by atoms with Crippen LogP contribution in [-0.4, -0.2) is 17.5 Å². The van der Waals surface area contributed by atoms with Crippen molar-refractivity contribution in [2.75, 3.05) is 6.61 Å². The lowest BCUT2D eigenvalue weighted by atomic mass is 10.1. The van der Waals surface area contributed by atoms with E-state index in [9.17, 15) is 9.18 Å². The van der Waals surface area contributed by atoms with Crippen LogP contribution in [0, 0.1) is 11.7 Å². The summed E-state index contributed by atoms with van der Waals surface area (Å²) in [6.07, 6.45) is 2.35. The van der Waals surface area contributed by atoms with E-state index in [1.165, 1.54) is 6.07 Å². The number of hydrogen-bond donors (Lipinski definition) is 1. The average molecular weight is 314 g/mol. The number of rotatable bonds is 6. The Morgan fingerprint density at radius 1 is 1.35 bits per heavy atom. The molecule has 120 valence electrons. The zero-order valence-electron chi connectivity index (χ0n) is 13.0. The SMILES string of the molecule is CCOc1ncccc1CNC(=O)C1CC1c1ccccc1F. The molecule has 0 bridgehead atoms. The van der Waals surface area contributed by atoms with Crippen LogP contribution >= 0.6 is 0 Å². The van der Waals surface area contributed by atoms with E-state index in [0.29, 0.717) is 31.0 Å². The molecule has 0 saturated heterocycles. The second-order valence-electron chi connectivity index (χ2n) is 5.59. The lowest BCUT2D eigenvalue weighted by molar-refractivity contribution is -0.122. The van der Waals surface area contributed by atoms with E-state index < -0.39 is 0 Å². The number of nitrogens with zero attached hydrogens (tertiary/aromatic N) is 1. The third-order valence-corrected chi connectivity index (χ3v) is 4.02. The Morgan fingerprint density at radius 3 is 2.96 bits per heavy atom. The molecule has 1 aromatic carbocycles. The molecule has 1 fully saturated rings. The highest BCUT2D eigenvalue weighted by molar-refractivity contribution is 5.82. The van der Waals surface area contributed by atoms with Crippen LogP contribution in [0.1, 0.15) is 30.4 Å². The molecule has 1 amide bonds. The van der Waals surface area contributed by atoms with Gasteiger partial charge in [0.25, 0.3) is 0 Å². The molecule has 0 radical (unpaired) electrons.